The minimum absolute atomic E-state index is 0.0953. The lowest BCUT2D eigenvalue weighted by molar-refractivity contribution is -0.384. The van der Waals surface area contributed by atoms with Crippen LogP contribution in [0, 0.1) is 13.7 Å². The molecule has 1 unspecified atom stereocenters. The maximum absolute atomic E-state index is 13.1. The summed E-state index contributed by atoms with van der Waals surface area (Å²) in [5.41, 5.74) is 0.418. The van der Waals surface area contributed by atoms with Crippen LogP contribution in [0.1, 0.15) is 29.6 Å². The zero-order valence-corrected chi connectivity index (χ0v) is 17.3. The number of nitro groups is 1. The molecule has 1 saturated carbocycles. The molecular formula is C20H16IN3O5. The largest absolute Gasteiger partial charge is 0.323 e. The Morgan fingerprint density at radius 1 is 1.14 bits per heavy atom. The van der Waals surface area contributed by atoms with Crippen LogP contribution < -0.4 is 4.90 Å². The smallest absolute Gasteiger partial charge is 0.270 e. The standard InChI is InChI=1S/C20H16IN3O5/c21-13-4-6-15(7-5-13)23-18(25)11-17(20(23)27)22(14-8-9-14)19(26)12-2-1-3-16(10-12)24(28)29/h1-7,10,14,17H,8-9,11H2. The number of hydrogen-bond acceptors (Lipinski definition) is 5. The highest BCUT2D eigenvalue weighted by atomic mass is 127. The number of halogens is 1. The van der Waals surface area contributed by atoms with E-state index in [2.05, 4.69) is 22.6 Å². The number of nitro benzene ring substituents is 1. The van der Waals surface area contributed by atoms with Crippen molar-refractivity contribution in [3.63, 3.8) is 0 Å². The predicted octanol–water partition coefficient (Wildman–Crippen LogP) is 3.14. The maximum atomic E-state index is 13.1. The highest BCUT2D eigenvalue weighted by molar-refractivity contribution is 14.1. The molecule has 0 aromatic heterocycles. The molecule has 1 aliphatic heterocycles. The zero-order valence-electron chi connectivity index (χ0n) is 15.2. The van der Waals surface area contributed by atoms with E-state index < -0.39 is 22.8 Å². The Hall–Kier alpha value is -2.82. The first-order valence-corrected chi connectivity index (χ1v) is 10.1. The SMILES string of the molecule is O=C1CC(N(C(=O)c2cccc([N+](=O)[O-])c2)C2CC2)C(=O)N1c1ccc(I)cc1. The van der Waals surface area contributed by atoms with Gasteiger partial charge in [0.1, 0.15) is 6.04 Å². The molecule has 2 aliphatic rings. The van der Waals surface area contributed by atoms with Crippen molar-refractivity contribution in [3.8, 4) is 0 Å². The van der Waals surface area contributed by atoms with Crippen molar-refractivity contribution in [3.05, 3.63) is 67.8 Å². The highest BCUT2D eigenvalue weighted by Gasteiger charge is 2.49. The van der Waals surface area contributed by atoms with Crippen molar-refractivity contribution >= 4 is 51.7 Å². The van der Waals surface area contributed by atoms with Gasteiger partial charge in [0.2, 0.25) is 5.91 Å². The quantitative estimate of drug-likeness (QED) is 0.269. The molecule has 1 heterocycles. The second kappa shape index (κ2) is 7.54. The molecule has 0 spiro atoms. The average Bonchev–Trinajstić information content (AvgIpc) is 3.49. The Bertz CT molecular complexity index is 1020. The summed E-state index contributed by atoms with van der Waals surface area (Å²) in [6, 6.07) is 11.4. The predicted molar refractivity (Wildman–Crippen MR) is 112 cm³/mol. The van der Waals surface area contributed by atoms with Crippen molar-refractivity contribution in [1.82, 2.24) is 4.90 Å². The molecule has 2 aromatic carbocycles. The molecular weight excluding hydrogens is 489 g/mol. The topological polar surface area (TPSA) is 101 Å². The van der Waals surface area contributed by atoms with Gasteiger partial charge in [-0.25, -0.2) is 4.90 Å². The number of benzene rings is 2. The lowest BCUT2D eigenvalue weighted by atomic mass is 10.1. The van der Waals surface area contributed by atoms with Gasteiger partial charge in [0.05, 0.1) is 17.0 Å². The number of rotatable bonds is 5. The van der Waals surface area contributed by atoms with Crippen molar-refractivity contribution in [2.75, 3.05) is 4.90 Å². The van der Waals surface area contributed by atoms with Gasteiger partial charge in [-0.1, -0.05) is 6.07 Å². The van der Waals surface area contributed by atoms with Crippen LogP contribution in [0.15, 0.2) is 48.5 Å². The summed E-state index contributed by atoms with van der Waals surface area (Å²) in [5, 5.41) is 11.0. The van der Waals surface area contributed by atoms with Crippen LogP contribution in [-0.2, 0) is 9.59 Å². The van der Waals surface area contributed by atoms with Gasteiger partial charge >= 0.3 is 0 Å². The Kier molecular flexibility index (Phi) is 5.07. The molecule has 4 rings (SSSR count). The third kappa shape index (κ3) is 3.74. The second-order valence-corrected chi connectivity index (χ2v) is 8.26. The van der Waals surface area contributed by atoms with E-state index in [0.717, 1.165) is 21.3 Å². The van der Waals surface area contributed by atoms with Gasteiger partial charge in [0, 0.05) is 27.3 Å². The van der Waals surface area contributed by atoms with Crippen molar-refractivity contribution in [2.24, 2.45) is 0 Å². The second-order valence-electron chi connectivity index (χ2n) is 7.01. The molecule has 0 radical (unpaired) electrons. The lowest BCUT2D eigenvalue weighted by Gasteiger charge is -2.27. The molecule has 3 amide bonds. The normalized spacial score (nSPS) is 18.8. The van der Waals surface area contributed by atoms with Gasteiger partial charge < -0.3 is 4.90 Å². The zero-order chi connectivity index (χ0) is 20.7. The monoisotopic (exact) mass is 505 g/mol. The molecule has 2 fully saturated rings. The third-order valence-corrected chi connectivity index (χ3v) is 5.74. The van der Waals surface area contributed by atoms with Gasteiger partial charge in [-0.05, 0) is 65.8 Å². The minimum Gasteiger partial charge on any atom is -0.323 e. The lowest BCUT2D eigenvalue weighted by Crippen LogP contribution is -2.46. The van der Waals surface area contributed by atoms with Crippen LogP contribution in [0.2, 0.25) is 0 Å². The number of anilines is 1. The Balaban J connectivity index is 1.64. The first kappa shape index (κ1) is 19.5. The molecule has 2 aromatic rings. The summed E-state index contributed by atoms with van der Waals surface area (Å²) in [6.45, 7) is 0. The van der Waals surface area contributed by atoms with Crippen molar-refractivity contribution in [2.45, 2.75) is 31.3 Å². The fourth-order valence-corrected chi connectivity index (χ4v) is 3.87. The van der Waals surface area contributed by atoms with Gasteiger partial charge in [0.25, 0.3) is 17.5 Å². The maximum Gasteiger partial charge on any atom is 0.270 e. The number of carbonyl (C=O) groups is 3. The molecule has 9 heteroatoms. The van der Waals surface area contributed by atoms with Crippen molar-refractivity contribution in [1.29, 1.82) is 0 Å². The Morgan fingerprint density at radius 2 is 1.83 bits per heavy atom. The fraction of sp³-hybridized carbons (Fsp3) is 0.250. The molecule has 0 bridgehead atoms. The molecule has 0 N–H and O–H groups in total. The first-order chi connectivity index (χ1) is 13.9. The average molecular weight is 505 g/mol. The summed E-state index contributed by atoms with van der Waals surface area (Å²) >= 11 is 2.13. The molecule has 1 atom stereocenters. The van der Waals surface area contributed by atoms with E-state index >= 15 is 0 Å². The van der Waals surface area contributed by atoms with Crippen LogP contribution in [0.25, 0.3) is 0 Å². The molecule has 1 aliphatic carbocycles. The Morgan fingerprint density at radius 3 is 2.45 bits per heavy atom. The summed E-state index contributed by atoms with van der Waals surface area (Å²) in [7, 11) is 0. The van der Waals surface area contributed by atoms with E-state index in [1.165, 1.54) is 29.2 Å². The van der Waals surface area contributed by atoms with E-state index in [4.69, 9.17) is 0 Å². The van der Waals surface area contributed by atoms with Crippen LogP contribution in [0.5, 0.6) is 0 Å². The fourth-order valence-electron chi connectivity index (χ4n) is 3.51. The van der Waals surface area contributed by atoms with Crippen LogP contribution in [0.4, 0.5) is 11.4 Å². The van der Waals surface area contributed by atoms with Crippen molar-refractivity contribution < 1.29 is 19.3 Å². The number of imide groups is 1. The van der Waals surface area contributed by atoms with E-state index in [0.29, 0.717) is 5.69 Å². The molecule has 29 heavy (non-hydrogen) atoms. The summed E-state index contributed by atoms with van der Waals surface area (Å²) in [5.74, 6) is -1.27. The van der Waals surface area contributed by atoms with Gasteiger partial charge in [-0.2, -0.15) is 0 Å². The number of hydrogen-bond donors (Lipinski definition) is 0. The summed E-state index contributed by atoms with van der Waals surface area (Å²) < 4.78 is 0.974. The number of nitrogens with zero attached hydrogens (tertiary/aromatic N) is 3. The number of carbonyl (C=O) groups excluding carboxylic acids is 3. The number of non-ortho nitro benzene ring substituents is 1. The van der Waals surface area contributed by atoms with Crippen LogP contribution >= 0.6 is 22.6 Å². The summed E-state index contributed by atoms with van der Waals surface area (Å²) in [6.07, 6.45) is 1.38. The van der Waals surface area contributed by atoms with Crippen LogP contribution in [-0.4, -0.2) is 39.6 Å². The van der Waals surface area contributed by atoms with Gasteiger partial charge in [-0.3, -0.25) is 24.5 Å². The molecule has 8 nitrogen and oxygen atoms in total. The first-order valence-electron chi connectivity index (χ1n) is 9.06. The molecule has 148 valence electrons. The van der Waals surface area contributed by atoms with Gasteiger partial charge in [-0.15, -0.1) is 0 Å². The van der Waals surface area contributed by atoms with E-state index in [9.17, 15) is 24.5 Å². The van der Waals surface area contributed by atoms with E-state index in [-0.39, 0.29) is 29.6 Å². The highest BCUT2D eigenvalue weighted by Crippen LogP contribution is 2.35. The van der Waals surface area contributed by atoms with E-state index in [1.54, 1.807) is 24.3 Å². The van der Waals surface area contributed by atoms with E-state index in [1.807, 2.05) is 0 Å². The van der Waals surface area contributed by atoms with Crippen LogP contribution in [0.3, 0.4) is 0 Å². The third-order valence-electron chi connectivity index (χ3n) is 5.02. The Labute approximate surface area is 179 Å². The molecule has 1 saturated heterocycles. The summed E-state index contributed by atoms with van der Waals surface area (Å²) in [4.78, 5) is 51.9. The number of amides is 3. The minimum atomic E-state index is -0.902. The van der Waals surface area contributed by atoms with Gasteiger partial charge in [0.15, 0.2) is 0 Å².